The molecule has 1 aromatic carbocycles. The number of hydrogen-bond donors (Lipinski definition) is 0. The van der Waals surface area contributed by atoms with E-state index < -0.39 is 5.60 Å². The maximum absolute atomic E-state index is 11.3. The topological polar surface area (TPSA) is 61.8 Å². The van der Waals surface area contributed by atoms with E-state index in [4.69, 9.17) is 9.47 Å². The Kier molecular flexibility index (Phi) is 4.86. The molecule has 1 aromatic rings. The standard InChI is InChI=1S/C17H22O5/c1-16(21-3)10-17(11-16,22-12-18)14-6-4-5-13(9-14)7-8-15(19)20-2/h4-6,9,12H,7-8,10-11H2,1-3H3. The number of ether oxygens (including phenoxy) is 3. The summed E-state index contributed by atoms with van der Waals surface area (Å²) in [7, 11) is 3.04. The second-order valence-electron chi connectivity index (χ2n) is 5.99. The van der Waals surface area contributed by atoms with E-state index in [0.29, 0.717) is 32.2 Å². The average molecular weight is 306 g/mol. The normalized spacial score (nSPS) is 26.9. The Morgan fingerprint density at radius 2 is 2.05 bits per heavy atom. The van der Waals surface area contributed by atoms with Crippen molar-refractivity contribution in [3.05, 3.63) is 35.4 Å². The maximum Gasteiger partial charge on any atom is 0.305 e. The van der Waals surface area contributed by atoms with Gasteiger partial charge in [0, 0.05) is 26.4 Å². The van der Waals surface area contributed by atoms with Crippen LogP contribution in [0, 0.1) is 0 Å². The first-order valence-corrected chi connectivity index (χ1v) is 7.30. The summed E-state index contributed by atoms with van der Waals surface area (Å²) in [6.45, 7) is 2.50. The monoisotopic (exact) mass is 306 g/mol. The van der Waals surface area contributed by atoms with Crippen LogP contribution in [0.3, 0.4) is 0 Å². The quantitative estimate of drug-likeness (QED) is 0.571. The first-order valence-electron chi connectivity index (χ1n) is 7.30. The summed E-state index contributed by atoms with van der Waals surface area (Å²) < 4.78 is 15.5. The maximum atomic E-state index is 11.3. The van der Waals surface area contributed by atoms with Crippen LogP contribution < -0.4 is 0 Å². The molecule has 120 valence electrons. The van der Waals surface area contributed by atoms with E-state index in [1.54, 1.807) is 7.11 Å². The third-order valence-corrected chi connectivity index (χ3v) is 4.38. The summed E-state index contributed by atoms with van der Waals surface area (Å²) >= 11 is 0. The predicted octanol–water partition coefficient (Wildman–Crippen LogP) is 2.36. The summed E-state index contributed by atoms with van der Waals surface area (Å²) in [5.74, 6) is -0.236. The molecular formula is C17H22O5. The Balaban J connectivity index is 2.16. The third-order valence-electron chi connectivity index (χ3n) is 4.38. The van der Waals surface area contributed by atoms with Crippen molar-refractivity contribution in [3.8, 4) is 0 Å². The minimum atomic E-state index is -0.631. The summed E-state index contributed by atoms with van der Waals surface area (Å²) in [4.78, 5) is 22.2. The molecule has 0 aromatic heterocycles. The summed E-state index contributed by atoms with van der Waals surface area (Å²) in [6, 6.07) is 7.80. The van der Waals surface area contributed by atoms with E-state index in [9.17, 15) is 9.59 Å². The molecule has 0 spiro atoms. The lowest BCUT2D eigenvalue weighted by molar-refractivity contribution is -0.208. The van der Waals surface area contributed by atoms with E-state index in [2.05, 4.69) is 4.74 Å². The summed E-state index contributed by atoms with van der Waals surface area (Å²) in [6.07, 6.45) is 2.17. The number of carbonyl (C=O) groups is 2. The molecule has 5 heteroatoms. The minimum absolute atomic E-state index is 0.236. The van der Waals surface area contributed by atoms with E-state index in [1.165, 1.54) is 7.11 Å². The van der Waals surface area contributed by atoms with Crippen molar-refractivity contribution in [3.63, 3.8) is 0 Å². The van der Waals surface area contributed by atoms with Gasteiger partial charge in [0.2, 0.25) is 0 Å². The summed E-state index contributed by atoms with van der Waals surface area (Å²) in [5.41, 5.74) is 1.05. The molecule has 0 bridgehead atoms. The third kappa shape index (κ3) is 3.30. The first kappa shape index (κ1) is 16.5. The molecular weight excluding hydrogens is 284 g/mol. The van der Waals surface area contributed by atoms with Crippen molar-refractivity contribution < 1.29 is 23.8 Å². The van der Waals surface area contributed by atoms with Gasteiger partial charge in [-0.05, 0) is 24.5 Å². The van der Waals surface area contributed by atoms with Gasteiger partial charge in [0.05, 0.1) is 12.7 Å². The van der Waals surface area contributed by atoms with Crippen LogP contribution in [0.25, 0.3) is 0 Å². The fraction of sp³-hybridized carbons (Fsp3) is 0.529. The molecule has 0 N–H and O–H groups in total. The van der Waals surface area contributed by atoms with Crippen molar-refractivity contribution in [1.29, 1.82) is 0 Å². The van der Waals surface area contributed by atoms with Crippen molar-refractivity contribution in [2.75, 3.05) is 14.2 Å². The second kappa shape index (κ2) is 6.48. The predicted molar refractivity (Wildman–Crippen MR) is 80.3 cm³/mol. The van der Waals surface area contributed by atoms with Gasteiger partial charge in [-0.1, -0.05) is 24.3 Å². The van der Waals surface area contributed by atoms with E-state index in [-0.39, 0.29) is 11.6 Å². The van der Waals surface area contributed by atoms with Gasteiger partial charge < -0.3 is 14.2 Å². The molecule has 0 atom stereocenters. The fourth-order valence-electron chi connectivity index (χ4n) is 3.11. The number of aryl methyl sites for hydroxylation is 1. The van der Waals surface area contributed by atoms with Gasteiger partial charge in [-0.2, -0.15) is 0 Å². The largest absolute Gasteiger partial charge is 0.469 e. The number of rotatable bonds is 7. The molecule has 2 rings (SSSR count). The minimum Gasteiger partial charge on any atom is -0.469 e. The molecule has 0 saturated heterocycles. The fourth-order valence-corrected chi connectivity index (χ4v) is 3.11. The second-order valence-corrected chi connectivity index (χ2v) is 5.99. The van der Waals surface area contributed by atoms with Crippen LogP contribution >= 0.6 is 0 Å². The van der Waals surface area contributed by atoms with E-state index >= 15 is 0 Å². The van der Waals surface area contributed by atoms with E-state index in [1.807, 2.05) is 31.2 Å². The average Bonchev–Trinajstić information content (AvgIpc) is 2.51. The van der Waals surface area contributed by atoms with Crippen molar-refractivity contribution in [2.45, 2.75) is 43.8 Å². The SMILES string of the molecule is COC(=O)CCc1cccc(C2(OC=O)CC(C)(OC)C2)c1. The van der Waals surface area contributed by atoms with Gasteiger partial charge in [-0.3, -0.25) is 9.59 Å². The van der Waals surface area contributed by atoms with Crippen LogP contribution in [0.15, 0.2) is 24.3 Å². The van der Waals surface area contributed by atoms with Crippen LogP contribution in [0.2, 0.25) is 0 Å². The van der Waals surface area contributed by atoms with Gasteiger partial charge >= 0.3 is 5.97 Å². The zero-order chi connectivity index (χ0) is 16.2. The molecule has 0 radical (unpaired) electrons. The molecule has 1 saturated carbocycles. The van der Waals surface area contributed by atoms with Gasteiger partial charge in [-0.25, -0.2) is 0 Å². The van der Waals surface area contributed by atoms with Crippen molar-refractivity contribution in [2.24, 2.45) is 0 Å². The number of esters is 1. The molecule has 0 aliphatic heterocycles. The molecule has 0 amide bonds. The lowest BCUT2D eigenvalue weighted by Gasteiger charge is -2.52. The molecule has 0 heterocycles. The highest BCUT2D eigenvalue weighted by molar-refractivity contribution is 5.69. The zero-order valence-electron chi connectivity index (χ0n) is 13.3. The summed E-state index contributed by atoms with van der Waals surface area (Å²) in [5, 5.41) is 0. The van der Waals surface area contributed by atoms with Crippen LogP contribution in [0.4, 0.5) is 0 Å². The van der Waals surface area contributed by atoms with Crippen LogP contribution in [-0.4, -0.2) is 32.3 Å². The van der Waals surface area contributed by atoms with E-state index in [0.717, 1.165) is 11.1 Å². The highest BCUT2D eigenvalue weighted by Gasteiger charge is 2.55. The first-order chi connectivity index (χ1) is 10.5. The molecule has 1 aliphatic rings. The van der Waals surface area contributed by atoms with Gasteiger partial charge in [-0.15, -0.1) is 0 Å². The number of hydrogen-bond acceptors (Lipinski definition) is 5. The number of benzene rings is 1. The number of carbonyl (C=O) groups excluding carboxylic acids is 2. The van der Waals surface area contributed by atoms with Crippen LogP contribution in [0.1, 0.15) is 37.3 Å². The lowest BCUT2D eigenvalue weighted by atomic mass is 9.64. The highest BCUT2D eigenvalue weighted by Crippen LogP contribution is 2.52. The lowest BCUT2D eigenvalue weighted by Crippen LogP contribution is -2.55. The van der Waals surface area contributed by atoms with Gasteiger partial charge in [0.25, 0.3) is 6.47 Å². The Morgan fingerprint density at radius 3 is 2.64 bits per heavy atom. The van der Waals surface area contributed by atoms with Crippen LogP contribution in [0.5, 0.6) is 0 Å². The Labute approximate surface area is 130 Å². The number of methoxy groups -OCH3 is 2. The molecule has 22 heavy (non-hydrogen) atoms. The molecule has 1 aliphatic carbocycles. The van der Waals surface area contributed by atoms with Gasteiger partial charge in [0.15, 0.2) is 0 Å². The highest BCUT2D eigenvalue weighted by atomic mass is 16.6. The zero-order valence-corrected chi connectivity index (χ0v) is 13.3. The molecule has 5 nitrogen and oxygen atoms in total. The van der Waals surface area contributed by atoms with Crippen molar-refractivity contribution in [1.82, 2.24) is 0 Å². The van der Waals surface area contributed by atoms with Crippen LogP contribution in [-0.2, 0) is 35.8 Å². The molecule has 1 fully saturated rings. The van der Waals surface area contributed by atoms with Gasteiger partial charge in [0.1, 0.15) is 5.60 Å². The Bertz CT molecular complexity index is 546. The van der Waals surface area contributed by atoms with Crippen molar-refractivity contribution >= 4 is 12.4 Å². The smallest absolute Gasteiger partial charge is 0.305 e. The Hall–Kier alpha value is -1.88. The molecule has 0 unspecified atom stereocenters. The Morgan fingerprint density at radius 1 is 1.32 bits per heavy atom.